The van der Waals surface area contributed by atoms with Crippen LogP contribution < -0.4 is 10.0 Å². The lowest BCUT2D eigenvalue weighted by Gasteiger charge is -2.12. The van der Waals surface area contributed by atoms with Gasteiger partial charge in [-0.05, 0) is 18.5 Å². The third-order valence-corrected chi connectivity index (χ3v) is 4.71. The maximum absolute atomic E-state index is 12.1. The molecule has 5 nitrogen and oxygen atoms in total. The van der Waals surface area contributed by atoms with Crippen molar-refractivity contribution < 1.29 is 8.42 Å². The average molecular weight is 287 g/mol. The number of rotatable bonds is 9. The van der Waals surface area contributed by atoms with Gasteiger partial charge in [-0.1, -0.05) is 33.6 Å². The number of aromatic amines is 1. The Bertz CT molecular complexity index is 464. The monoisotopic (exact) mass is 287 g/mol. The summed E-state index contributed by atoms with van der Waals surface area (Å²) in [4.78, 5) is 3.29. The first-order chi connectivity index (χ1) is 9.03. The van der Waals surface area contributed by atoms with Crippen LogP contribution >= 0.6 is 0 Å². The molecule has 1 aromatic rings. The predicted molar refractivity (Wildman–Crippen MR) is 77.4 cm³/mol. The first-order valence-electron chi connectivity index (χ1n) is 6.91. The van der Waals surface area contributed by atoms with Crippen LogP contribution in [-0.4, -0.2) is 26.5 Å². The fraction of sp³-hybridized carbons (Fsp3) is 0.692. The SMILES string of the molecule is CCNCc1cc(S(=O)(=O)NCC(CC)CC)c[nH]1. The molecule has 0 unspecified atom stereocenters. The van der Waals surface area contributed by atoms with Gasteiger partial charge in [0.05, 0.1) is 4.90 Å². The van der Waals surface area contributed by atoms with Gasteiger partial charge in [0.1, 0.15) is 0 Å². The highest BCUT2D eigenvalue weighted by molar-refractivity contribution is 7.89. The lowest BCUT2D eigenvalue weighted by molar-refractivity contribution is 0.479. The Labute approximate surface area is 116 Å². The van der Waals surface area contributed by atoms with Crippen LogP contribution in [0.2, 0.25) is 0 Å². The van der Waals surface area contributed by atoms with E-state index in [1.165, 1.54) is 0 Å². The average Bonchev–Trinajstić information content (AvgIpc) is 2.87. The second-order valence-electron chi connectivity index (χ2n) is 4.68. The molecule has 0 saturated carbocycles. The molecular weight excluding hydrogens is 262 g/mol. The Balaban J connectivity index is 2.64. The van der Waals surface area contributed by atoms with Crippen LogP contribution in [0.25, 0.3) is 0 Å². The number of sulfonamides is 1. The lowest BCUT2D eigenvalue weighted by Crippen LogP contribution is -2.28. The van der Waals surface area contributed by atoms with Crippen molar-refractivity contribution in [3.8, 4) is 0 Å². The zero-order valence-electron chi connectivity index (χ0n) is 12.0. The second-order valence-corrected chi connectivity index (χ2v) is 6.44. The molecule has 1 rings (SSSR count). The van der Waals surface area contributed by atoms with Crippen molar-refractivity contribution >= 4 is 10.0 Å². The molecule has 0 fully saturated rings. The van der Waals surface area contributed by atoms with E-state index < -0.39 is 10.0 Å². The highest BCUT2D eigenvalue weighted by atomic mass is 32.2. The van der Waals surface area contributed by atoms with Crippen molar-refractivity contribution in [3.63, 3.8) is 0 Å². The summed E-state index contributed by atoms with van der Waals surface area (Å²) < 4.78 is 26.9. The molecule has 0 aliphatic rings. The van der Waals surface area contributed by atoms with Crippen molar-refractivity contribution in [2.75, 3.05) is 13.1 Å². The molecule has 0 saturated heterocycles. The van der Waals surface area contributed by atoms with E-state index in [1.54, 1.807) is 12.3 Å². The smallest absolute Gasteiger partial charge is 0.242 e. The molecule has 0 atom stereocenters. The topological polar surface area (TPSA) is 74.0 Å². The second kappa shape index (κ2) is 7.67. The number of aromatic nitrogens is 1. The highest BCUT2D eigenvalue weighted by Gasteiger charge is 2.17. The Morgan fingerprint density at radius 1 is 1.26 bits per heavy atom. The fourth-order valence-corrected chi connectivity index (χ4v) is 2.96. The molecule has 0 aliphatic heterocycles. The van der Waals surface area contributed by atoms with Crippen LogP contribution in [0.15, 0.2) is 17.2 Å². The Kier molecular flexibility index (Phi) is 6.54. The molecule has 19 heavy (non-hydrogen) atoms. The minimum Gasteiger partial charge on any atom is -0.363 e. The largest absolute Gasteiger partial charge is 0.363 e. The van der Waals surface area contributed by atoms with Crippen LogP contribution in [0, 0.1) is 5.92 Å². The normalized spacial score (nSPS) is 12.2. The van der Waals surface area contributed by atoms with Gasteiger partial charge in [0.25, 0.3) is 0 Å². The Morgan fingerprint density at radius 3 is 2.53 bits per heavy atom. The Morgan fingerprint density at radius 2 is 1.95 bits per heavy atom. The highest BCUT2D eigenvalue weighted by Crippen LogP contribution is 2.12. The summed E-state index contributed by atoms with van der Waals surface area (Å²) >= 11 is 0. The van der Waals surface area contributed by atoms with Crippen molar-refractivity contribution in [1.82, 2.24) is 15.0 Å². The zero-order chi connectivity index (χ0) is 14.3. The van der Waals surface area contributed by atoms with Crippen LogP contribution in [0.1, 0.15) is 39.3 Å². The summed E-state index contributed by atoms with van der Waals surface area (Å²) in [6.07, 6.45) is 3.51. The summed E-state index contributed by atoms with van der Waals surface area (Å²) in [7, 11) is -3.39. The van der Waals surface area contributed by atoms with Crippen molar-refractivity contribution in [2.45, 2.75) is 45.1 Å². The fourth-order valence-electron chi connectivity index (χ4n) is 1.82. The van der Waals surface area contributed by atoms with E-state index in [1.807, 2.05) is 6.92 Å². The molecular formula is C13H25N3O2S. The molecule has 6 heteroatoms. The van der Waals surface area contributed by atoms with Crippen molar-refractivity contribution in [1.29, 1.82) is 0 Å². The van der Waals surface area contributed by atoms with Gasteiger partial charge < -0.3 is 10.3 Å². The summed E-state index contributed by atoms with van der Waals surface area (Å²) in [6, 6.07) is 1.68. The first-order valence-corrected chi connectivity index (χ1v) is 8.39. The van der Waals surface area contributed by atoms with Gasteiger partial charge in [0.2, 0.25) is 10.0 Å². The van der Waals surface area contributed by atoms with E-state index in [9.17, 15) is 8.42 Å². The van der Waals surface area contributed by atoms with E-state index in [2.05, 4.69) is 28.9 Å². The first kappa shape index (κ1) is 16.2. The zero-order valence-corrected chi connectivity index (χ0v) is 12.8. The van der Waals surface area contributed by atoms with Crippen LogP contribution in [0.5, 0.6) is 0 Å². The number of hydrogen-bond donors (Lipinski definition) is 3. The third kappa shape index (κ3) is 4.97. The number of hydrogen-bond acceptors (Lipinski definition) is 3. The molecule has 3 N–H and O–H groups in total. The van der Waals surface area contributed by atoms with Crippen molar-refractivity contribution in [2.24, 2.45) is 5.92 Å². The maximum Gasteiger partial charge on any atom is 0.242 e. The number of nitrogens with one attached hydrogen (secondary N) is 3. The van der Waals surface area contributed by atoms with Gasteiger partial charge in [-0.25, -0.2) is 13.1 Å². The summed E-state index contributed by atoms with van der Waals surface area (Å²) in [5.74, 6) is 0.398. The van der Waals surface area contributed by atoms with Gasteiger partial charge in [0.15, 0.2) is 0 Å². The van der Waals surface area contributed by atoms with Gasteiger partial charge in [-0.2, -0.15) is 0 Å². The van der Waals surface area contributed by atoms with Crippen LogP contribution in [-0.2, 0) is 16.6 Å². The van der Waals surface area contributed by atoms with E-state index in [-0.39, 0.29) is 0 Å². The maximum atomic E-state index is 12.1. The van der Waals surface area contributed by atoms with Crippen LogP contribution in [0.3, 0.4) is 0 Å². The minimum absolute atomic E-state index is 0.311. The lowest BCUT2D eigenvalue weighted by atomic mass is 10.0. The van der Waals surface area contributed by atoms with E-state index in [0.717, 1.165) is 25.1 Å². The minimum atomic E-state index is -3.39. The molecule has 0 radical (unpaired) electrons. The van der Waals surface area contributed by atoms with E-state index >= 15 is 0 Å². The molecule has 0 amide bonds. The number of H-pyrrole nitrogens is 1. The molecule has 0 aliphatic carbocycles. The van der Waals surface area contributed by atoms with Gasteiger partial charge in [0, 0.05) is 25.0 Å². The third-order valence-electron chi connectivity index (χ3n) is 3.31. The molecule has 0 aromatic carbocycles. The summed E-state index contributed by atoms with van der Waals surface area (Å²) in [6.45, 7) is 8.17. The van der Waals surface area contributed by atoms with E-state index in [0.29, 0.717) is 23.9 Å². The summed E-state index contributed by atoms with van der Waals surface area (Å²) in [5.41, 5.74) is 0.879. The van der Waals surface area contributed by atoms with Gasteiger partial charge >= 0.3 is 0 Å². The molecule has 1 heterocycles. The Hall–Kier alpha value is -0.850. The van der Waals surface area contributed by atoms with Crippen LogP contribution in [0.4, 0.5) is 0 Å². The standard InChI is InChI=1S/C13H25N3O2S/c1-4-11(5-2)8-16-19(17,18)13-7-12(15-10-13)9-14-6-3/h7,10-11,14-16H,4-6,8-9H2,1-3H3. The van der Waals surface area contributed by atoms with Crippen molar-refractivity contribution in [3.05, 3.63) is 18.0 Å². The molecule has 0 bridgehead atoms. The predicted octanol–water partition coefficient (Wildman–Crippen LogP) is 1.84. The quantitative estimate of drug-likeness (QED) is 0.649. The van der Waals surface area contributed by atoms with Gasteiger partial charge in [-0.15, -0.1) is 0 Å². The summed E-state index contributed by atoms with van der Waals surface area (Å²) in [5, 5.41) is 3.15. The van der Waals surface area contributed by atoms with E-state index in [4.69, 9.17) is 0 Å². The molecule has 1 aromatic heterocycles. The molecule has 110 valence electrons. The van der Waals surface area contributed by atoms with Gasteiger partial charge in [-0.3, -0.25) is 0 Å². The molecule has 0 spiro atoms.